The van der Waals surface area contributed by atoms with Crippen molar-refractivity contribution in [1.29, 1.82) is 0 Å². The lowest BCUT2D eigenvalue weighted by atomic mass is 9.85. The fourth-order valence-corrected chi connectivity index (χ4v) is 3.21. The first kappa shape index (κ1) is 17.6. The molecule has 0 unspecified atom stereocenters. The third-order valence-corrected chi connectivity index (χ3v) is 4.80. The summed E-state index contributed by atoms with van der Waals surface area (Å²) in [6.07, 6.45) is 3.97. The van der Waals surface area contributed by atoms with Crippen molar-refractivity contribution in [3.8, 4) is 0 Å². The van der Waals surface area contributed by atoms with E-state index in [9.17, 15) is 9.59 Å². The van der Waals surface area contributed by atoms with E-state index in [0.717, 1.165) is 25.1 Å². The average Bonchev–Trinajstić information content (AvgIpc) is 3.32. The Hall–Kier alpha value is -2.22. The second-order valence-corrected chi connectivity index (χ2v) is 7.03. The molecule has 0 aromatic carbocycles. The zero-order valence-electron chi connectivity index (χ0n) is 14.7. The third-order valence-electron chi connectivity index (χ3n) is 4.80. The Morgan fingerprint density at radius 2 is 2.04 bits per heavy atom. The number of aliphatic carboxylic acids is 1. The van der Waals surface area contributed by atoms with Crippen molar-refractivity contribution in [3.05, 3.63) is 17.5 Å². The van der Waals surface area contributed by atoms with Gasteiger partial charge in [-0.3, -0.25) is 14.5 Å². The Morgan fingerprint density at radius 3 is 2.64 bits per heavy atom. The Labute approximate surface area is 147 Å². The summed E-state index contributed by atoms with van der Waals surface area (Å²) < 4.78 is 0. The first-order chi connectivity index (χ1) is 11.9. The van der Waals surface area contributed by atoms with Crippen LogP contribution >= 0.6 is 0 Å². The van der Waals surface area contributed by atoms with Crippen LogP contribution in [0.2, 0.25) is 0 Å². The summed E-state index contributed by atoms with van der Waals surface area (Å²) in [5, 5.41) is 14.9. The van der Waals surface area contributed by atoms with Crippen LogP contribution in [0, 0.1) is 12.8 Å². The Morgan fingerprint density at radius 1 is 1.32 bits per heavy atom. The van der Waals surface area contributed by atoms with E-state index in [4.69, 9.17) is 5.11 Å². The SMILES string of the molecule is CNc1nc(C)cc(C(=O)NC2CC(N(CC(=O)O)CC3CC3)C2)n1. The molecular formula is C17H25N5O3. The summed E-state index contributed by atoms with van der Waals surface area (Å²) in [6.45, 7) is 2.76. The highest BCUT2D eigenvalue weighted by Crippen LogP contribution is 2.33. The van der Waals surface area contributed by atoms with Gasteiger partial charge >= 0.3 is 5.97 Å². The van der Waals surface area contributed by atoms with Crippen molar-refractivity contribution < 1.29 is 14.7 Å². The molecule has 3 rings (SSSR count). The summed E-state index contributed by atoms with van der Waals surface area (Å²) in [5.41, 5.74) is 1.08. The molecule has 1 aromatic rings. The molecule has 2 aliphatic carbocycles. The molecule has 0 spiro atoms. The van der Waals surface area contributed by atoms with Gasteiger partial charge in [-0.15, -0.1) is 0 Å². The highest BCUT2D eigenvalue weighted by Gasteiger charge is 2.37. The molecule has 2 saturated carbocycles. The minimum atomic E-state index is -0.788. The zero-order chi connectivity index (χ0) is 18.0. The number of nitrogens with one attached hydrogen (secondary N) is 2. The molecule has 3 N–H and O–H groups in total. The molecule has 1 heterocycles. The van der Waals surface area contributed by atoms with E-state index in [-0.39, 0.29) is 24.5 Å². The van der Waals surface area contributed by atoms with Crippen LogP contribution in [-0.4, -0.2) is 64.1 Å². The van der Waals surface area contributed by atoms with Gasteiger partial charge in [-0.2, -0.15) is 0 Å². The molecule has 0 aliphatic heterocycles. The number of nitrogens with zero attached hydrogens (tertiary/aromatic N) is 3. The van der Waals surface area contributed by atoms with Crippen LogP contribution in [0.5, 0.6) is 0 Å². The Kier molecular flexibility index (Phi) is 5.17. The van der Waals surface area contributed by atoms with Crippen LogP contribution in [0.15, 0.2) is 6.07 Å². The van der Waals surface area contributed by atoms with E-state index in [1.165, 1.54) is 12.8 Å². The molecule has 136 valence electrons. The van der Waals surface area contributed by atoms with Crippen LogP contribution in [-0.2, 0) is 4.79 Å². The molecule has 25 heavy (non-hydrogen) atoms. The number of aromatic nitrogens is 2. The van der Waals surface area contributed by atoms with E-state index < -0.39 is 5.97 Å². The van der Waals surface area contributed by atoms with E-state index in [0.29, 0.717) is 17.6 Å². The summed E-state index contributed by atoms with van der Waals surface area (Å²) in [6, 6.07) is 1.97. The van der Waals surface area contributed by atoms with E-state index in [1.54, 1.807) is 13.1 Å². The number of anilines is 1. The molecule has 0 bridgehead atoms. The van der Waals surface area contributed by atoms with Crippen molar-refractivity contribution in [2.24, 2.45) is 5.92 Å². The predicted molar refractivity (Wildman–Crippen MR) is 92.5 cm³/mol. The van der Waals surface area contributed by atoms with Crippen molar-refractivity contribution in [1.82, 2.24) is 20.2 Å². The first-order valence-electron chi connectivity index (χ1n) is 8.74. The van der Waals surface area contributed by atoms with Gasteiger partial charge in [0.15, 0.2) is 0 Å². The maximum absolute atomic E-state index is 12.4. The van der Waals surface area contributed by atoms with E-state index in [1.807, 2.05) is 6.92 Å². The summed E-state index contributed by atoms with van der Waals surface area (Å²) in [4.78, 5) is 33.8. The second kappa shape index (κ2) is 7.35. The largest absolute Gasteiger partial charge is 0.480 e. The number of carbonyl (C=O) groups is 2. The summed E-state index contributed by atoms with van der Waals surface area (Å²) in [7, 11) is 1.71. The fourth-order valence-electron chi connectivity index (χ4n) is 3.21. The number of hydrogen-bond acceptors (Lipinski definition) is 6. The minimum Gasteiger partial charge on any atom is -0.480 e. The zero-order valence-corrected chi connectivity index (χ0v) is 14.7. The minimum absolute atomic E-state index is 0.0707. The molecule has 0 radical (unpaired) electrons. The number of rotatable bonds is 8. The second-order valence-electron chi connectivity index (χ2n) is 7.03. The number of carboxylic acid groups (broad SMARTS) is 1. The lowest BCUT2D eigenvalue weighted by Crippen LogP contribution is -2.55. The first-order valence-corrected chi connectivity index (χ1v) is 8.74. The Bertz CT molecular complexity index is 656. The van der Waals surface area contributed by atoms with E-state index >= 15 is 0 Å². The number of carboxylic acids is 1. The summed E-state index contributed by atoms with van der Waals surface area (Å²) >= 11 is 0. The van der Waals surface area contributed by atoms with Gasteiger partial charge in [0.1, 0.15) is 5.69 Å². The van der Waals surface area contributed by atoms with Gasteiger partial charge in [-0.1, -0.05) is 0 Å². The number of amides is 1. The number of aryl methyl sites for hydroxylation is 1. The standard InChI is InChI=1S/C17H25N5O3/c1-10-5-14(21-17(18-2)19-10)16(25)20-12-6-13(7-12)22(9-15(23)24)8-11-3-4-11/h5,11-13H,3-4,6-9H2,1-2H3,(H,20,25)(H,23,24)(H,18,19,21). The quantitative estimate of drug-likeness (QED) is 0.641. The lowest BCUT2D eigenvalue weighted by Gasteiger charge is -2.42. The van der Waals surface area contributed by atoms with Crippen molar-refractivity contribution in [3.63, 3.8) is 0 Å². The molecule has 1 amide bonds. The maximum atomic E-state index is 12.4. The van der Waals surface area contributed by atoms with Gasteiger partial charge in [-0.05, 0) is 44.6 Å². The van der Waals surface area contributed by atoms with Crippen LogP contribution in [0.25, 0.3) is 0 Å². The molecule has 2 aliphatic rings. The highest BCUT2D eigenvalue weighted by molar-refractivity contribution is 5.92. The highest BCUT2D eigenvalue weighted by atomic mass is 16.4. The molecule has 1 aromatic heterocycles. The van der Waals surface area contributed by atoms with Gasteiger partial charge in [0.2, 0.25) is 5.95 Å². The summed E-state index contributed by atoms with van der Waals surface area (Å²) in [5.74, 6) is 0.0762. The van der Waals surface area contributed by atoms with Crippen molar-refractivity contribution >= 4 is 17.8 Å². The van der Waals surface area contributed by atoms with Gasteiger partial charge < -0.3 is 15.7 Å². The van der Waals surface area contributed by atoms with E-state index in [2.05, 4.69) is 25.5 Å². The average molecular weight is 347 g/mol. The topological polar surface area (TPSA) is 107 Å². The van der Waals surface area contributed by atoms with Gasteiger partial charge in [-0.25, -0.2) is 9.97 Å². The van der Waals surface area contributed by atoms with Gasteiger partial charge in [0.05, 0.1) is 6.54 Å². The molecule has 8 nitrogen and oxygen atoms in total. The van der Waals surface area contributed by atoms with Crippen LogP contribution in [0.3, 0.4) is 0 Å². The van der Waals surface area contributed by atoms with Crippen molar-refractivity contribution in [2.75, 3.05) is 25.5 Å². The monoisotopic (exact) mass is 347 g/mol. The smallest absolute Gasteiger partial charge is 0.317 e. The van der Waals surface area contributed by atoms with Crippen molar-refractivity contribution in [2.45, 2.75) is 44.7 Å². The van der Waals surface area contributed by atoms with Gasteiger partial charge in [0, 0.05) is 31.4 Å². The number of hydrogen-bond donors (Lipinski definition) is 3. The molecule has 2 fully saturated rings. The maximum Gasteiger partial charge on any atom is 0.317 e. The van der Waals surface area contributed by atoms with Gasteiger partial charge in [0.25, 0.3) is 5.91 Å². The molecule has 8 heteroatoms. The predicted octanol–water partition coefficient (Wildman–Crippen LogP) is 0.884. The molecule has 0 saturated heterocycles. The molecular weight excluding hydrogens is 322 g/mol. The van der Waals surface area contributed by atoms with Crippen LogP contribution < -0.4 is 10.6 Å². The van der Waals surface area contributed by atoms with Crippen LogP contribution in [0.4, 0.5) is 5.95 Å². The molecule has 0 atom stereocenters. The third kappa shape index (κ3) is 4.66. The lowest BCUT2D eigenvalue weighted by molar-refractivity contribution is -0.139. The normalized spacial score (nSPS) is 22.4. The number of carbonyl (C=O) groups excluding carboxylic acids is 1. The fraction of sp³-hybridized carbons (Fsp3) is 0.647. The Balaban J connectivity index is 1.52. The van der Waals surface area contributed by atoms with Crippen LogP contribution in [0.1, 0.15) is 41.9 Å².